The van der Waals surface area contributed by atoms with Gasteiger partial charge in [0.2, 0.25) is 0 Å². The molecule has 3 nitrogen and oxygen atoms in total. The molecular formula is C12H14N2O. The maximum Gasteiger partial charge on any atom is 0.0889 e. The summed E-state index contributed by atoms with van der Waals surface area (Å²) >= 11 is 0. The molecule has 1 N–H and O–H groups in total. The topological polar surface area (TPSA) is 46.0 Å². The van der Waals surface area contributed by atoms with Gasteiger partial charge in [0, 0.05) is 19.0 Å². The van der Waals surface area contributed by atoms with Gasteiger partial charge in [0.05, 0.1) is 11.0 Å². The fourth-order valence-electron chi connectivity index (χ4n) is 1.60. The minimum atomic E-state index is 0.221. The summed E-state index contributed by atoms with van der Waals surface area (Å²) in [5, 5.41) is 8.98. The second-order valence-electron chi connectivity index (χ2n) is 3.87. The Labute approximate surface area is 88.8 Å². The standard InChI is InChI=1S/C12H14N2O/c1-9(8-15)6-10-2-3-11-12(7-10)14-5-4-13-11/h2-5,7,9,15H,6,8H2,1H3/t9-/m0/s1. The van der Waals surface area contributed by atoms with Gasteiger partial charge in [-0.25, -0.2) is 0 Å². The lowest BCUT2D eigenvalue weighted by Crippen LogP contribution is -2.04. The smallest absolute Gasteiger partial charge is 0.0889 e. The minimum Gasteiger partial charge on any atom is -0.396 e. The Morgan fingerprint density at radius 3 is 2.67 bits per heavy atom. The second-order valence-corrected chi connectivity index (χ2v) is 3.87. The van der Waals surface area contributed by atoms with Gasteiger partial charge in [-0.2, -0.15) is 0 Å². The molecule has 0 fully saturated rings. The van der Waals surface area contributed by atoms with Crippen LogP contribution in [0.5, 0.6) is 0 Å². The van der Waals surface area contributed by atoms with Crippen LogP contribution in [0.1, 0.15) is 12.5 Å². The molecule has 0 radical (unpaired) electrons. The second kappa shape index (κ2) is 4.36. The molecule has 1 heterocycles. The predicted molar refractivity (Wildman–Crippen MR) is 59.5 cm³/mol. The molecule has 2 aromatic rings. The molecule has 1 atom stereocenters. The lowest BCUT2D eigenvalue weighted by atomic mass is 10.0. The van der Waals surface area contributed by atoms with E-state index in [0.717, 1.165) is 17.5 Å². The number of aliphatic hydroxyl groups excluding tert-OH is 1. The Morgan fingerprint density at radius 2 is 1.93 bits per heavy atom. The van der Waals surface area contributed by atoms with Crippen LogP contribution in [0, 0.1) is 5.92 Å². The summed E-state index contributed by atoms with van der Waals surface area (Å²) in [7, 11) is 0. The van der Waals surface area contributed by atoms with E-state index in [4.69, 9.17) is 5.11 Å². The van der Waals surface area contributed by atoms with Crippen molar-refractivity contribution in [2.24, 2.45) is 5.92 Å². The number of hydrogen-bond acceptors (Lipinski definition) is 3. The fraction of sp³-hybridized carbons (Fsp3) is 0.333. The molecule has 0 amide bonds. The van der Waals surface area contributed by atoms with E-state index in [0.29, 0.717) is 5.92 Å². The molecule has 0 unspecified atom stereocenters. The van der Waals surface area contributed by atoms with E-state index in [2.05, 4.69) is 9.97 Å². The third-order valence-corrected chi connectivity index (χ3v) is 2.43. The van der Waals surface area contributed by atoms with E-state index in [-0.39, 0.29) is 6.61 Å². The van der Waals surface area contributed by atoms with Crippen molar-refractivity contribution in [3.05, 3.63) is 36.2 Å². The number of fused-ring (bicyclic) bond motifs is 1. The van der Waals surface area contributed by atoms with E-state index in [1.807, 2.05) is 25.1 Å². The lowest BCUT2D eigenvalue weighted by molar-refractivity contribution is 0.237. The number of nitrogens with zero attached hydrogens (tertiary/aromatic N) is 2. The van der Waals surface area contributed by atoms with Gasteiger partial charge in [0.25, 0.3) is 0 Å². The number of aliphatic hydroxyl groups is 1. The normalized spacial score (nSPS) is 12.9. The van der Waals surface area contributed by atoms with E-state index in [1.165, 1.54) is 5.56 Å². The zero-order chi connectivity index (χ0) is 10.7. The maximum atomic E-state index is 8.98. The summed E-state index contributed by atoms with van der Waals surface area (Å²) in [6, 6.07) is 6.05. The van der Waals surface area contributed by atoms with Crippen molar-refractivity contribution in [2.45, 2.75) is 13.3 Å². The average Bonchev–Trinajstić information content (AvgIpc) is 2.29. The molecule has 1 aromatic heterocycles. The molecule has 3 heteroatoms. The van der Waals surface area contributed by atoms with Crippen molar-refractivity contribution < 1.29 is 5.11 Å². The Hall–Kier alpha value is -1.48. The summed E-state index contributed by atoms with van der Waals surface area (Å²) in [5.74, 6) is 0.291. The molecule has 0 aliphatic carbocycles. The Morgan fingerprint density at radius 1 is 1.20 bits per heavy atom. The van der Waals surface area contributed by atoms with Gasteiger partial charge in [0.15, 0.2) is 0 Å². The van der Waals surface area contributed by atoms with Gasteiger partial charge in [-0.15, -0.1) is 0 Å². The zero-order valence-corrected chi connectivity index (χ0v) is 8.72. The van der Waals surface area contributed by atoms with E-state index in [9.17, 15) is 0 Å². The number of benzene rings is 1. The highest BCUT2D eigenvalue weighted by atomic mass is 16.3. The first kappa shape index (κ1) is 10.1. The average molecular weight is 202 g/mol. The van der Waals surface area contributed by atoms with Crippen LogP contribution in [0.15, 0.2) is 30.6 Å². The van der Waals surface area contributed by atoms with E-state index < -0.39 is 0 Å². The quantitative estimate of drug-likeness (QED) is 0.825. The van der Waals surface area contributed by atoms with Gasteiger partial charge >= 0.3 is 0 Å². The van der Waals surface area contributed by atoms with Crippen molar-refractivity contribution in [1.29, 1.82) is 0 Å². The molecule has 0 saturated heterocycles. The van der Waals surface area contributed by atoms with E-state index >= 15 is 0 Å². The highest BCUT2D eigenvalue weighted by Gasteiger charge is 2.03. The zero-order valence-electron chi connectivity index (χ0n) is 8.72. The van der Waals surface area contributed by atoms with Crippen molar-refractivity contribution >= 4 is 11.0 Å². The molecule has 0 aliphatic rings. The Balaban J connectivity index is 2.30. The third kappa shape index (κ3) is 2.30. The summed E-state index contributed by atoms with van der Waals surface area (Å²) in [6.45, 7) is 2.25. The van der Waals surface area contributed by atoms with Crippen LogP contribution in [0.4, 0.5) is 0 Å². The van der Waals surface area contributed by atoms with Gasteiger partial charge in [0.1, 0.15) is 0 Å². The Bertz CT molecular complexity index is 456. The lowest BCUT2D eigenvalue weighted by Gasteiger charge is -2.07. The molecule has 0 aliphatic heterocycles. The van der Waals surface area contributed by atoms with Crippen molar-refractivity contribution in [1.82, 2.24) is 9.97 Å². The molecule has 78 valence electrons. The largest absolute Gasteiger partial charge is 0.396 e. The van der Waals surface area contributed by atoms with Crippen molar-refractivity contribution in [3.63, 3.8) is 0 Å². The number of rotatable bonds is 3. The minimum absolute atomic E-state index is 0.221. The monoisotopic (exact) mass is 202 g/mol. The first-order valence-electron chi connectivity index (χ1n) is 5.10. The van der Waals surface area contributed by atoms with Crippen LogP contribution in [-0.2, 0) is 6.42 Å². The highest BCUT2D eigenvalue weighted by molar-refractivity contribution is 5.74. The summed E-state index contributed by atoms with van der Waals surface area (Å²) in [5.41, 5.74) is 3.03. The number of aromatic nitrogens is 2. The molecular weight excluding hydrogens is 188 g/mol. The SMILES string of the molecule is C[C@H](CO)Cc1ccc2nccnc2c1. The first-order chi connectivity index (χ1) is 7.29. The van der Waals surface area contributed by atoms with Gasteiger partial charge in [-0.05, 0) is 30.0 Å². The van der Waals surface area contributed by atoms with Crippen LogP contribution in [-0.4, -0.2) is 21.7 Å². The van der Waals surface area contributed by atoms with Crippen molar-refractivity contribution in [2.75, 3.05) is 6.61 Å². The van der Waals surface area contributed by atoms with Gasteiger partial charge in [-0.3, -0.25) is 9.97 Å². The first-order valence-corrected chi connectivity index (χ1v) is 5.10. The highest BCUT2D eigenvalue weighted by Crippen LogP contribution is 2.14. The van der Waals surface area contributed by atoms with E-state index in [1.54, 1.807) is 12.4 Å². The summed E-state index contributed by atoms with van der Waals surface area (Å²) in [6.07, 6.45) is 4.27. The van der Waals surface area contributed by atoms with Gasteiger partial charge in [-0.1, -0.05) is 13.0 Å². The molecule has 15 heavy (non-hydrogen) atoms. The molecule has 0 spiro atoms. The maximum absolute atomic E-state index is 8.98. The van der Waals surface area contributed by atoms with Crippen LogP contribution in [0.2, 0.25) is 0 Å². The Kier molecular flexibility index (Phi) is 2.92. The van der Waals surface area contributed by atoms with Gasteiger partial charge < -0.3 is 5.11 Å². The van der Waals surface area contributed by atoms with Crippen molar-refractivity contribution in [3.8, 4) is 0 Å². The summed E-state index contributed by atoms with van der Waals surface area (Å²) in [4.78, 5) is 8.46. The fourth-order valence-corrected chi connectivity index (χ4v) is 1.60. The predicted octanol–water partition coefficient (Wildman–Crippen LogP) is 1.80. The number of hydrogen-bond donors (Lipinski definition) is 1. The molecule has 0 bridgehead atoms. The molecule has 0 saturated carbocycles. The van der Waals surface area contributed by atoms with Crippen LogP contribution < -0.4 is 0 Å². The van der Waals surface area contributed by atoms with Crippen LogP contribution in [0.25, 0.3) is 11.0 Å². The van der Waals surface area contributed by atoms with Crippen LogP contribution in [0.3, 0.4) is 0 Å². The molecule has 2 rings (SSSR count). The third-order valence-electron chi connectivity index (χ3n) is 2.43. The summed E-state index contributed by atoms with van der Waals surface area (Å²) < 4.78 is 0. The van der Waals surface area contributed by atoms with Crippen LogP contribution >= 0.6 is 0 Å². The molecule has 1 aromatic carbocycles.